The van der Waals surface area contributed by atoms with E-state index in [0.717, 1.165) is 11.3 Å². The highest BCUT2D eigenvalue weighted by Crippen LogP contribution is 2.35. The zero-order valence-electron chi connectivity index (χ0n) is 16.5. The molecule has 0 aliphatic carbocycles. The van der Waals surface area contributed by atoms with Crippen LogP contribution in [-0.2, 0) is 4.79 Å². The van der Waals surface area contributed by atoms with Gasteiger partial charge in [0.2, 0.25) is 6.79 Å². The van der Waals surface area contributed by atoms with Crippen molar-refractivity contribution in [3.8, 4) is 28.5 Å². The summed E-state index contributed by atoms with van der Waals surface area (Å²) in [6.07, 6.45) is 0. The average molecular weight is 435 g/mol. The highest BCUT2D eigenvalue weighted by molar-refractivity contribution is 7.15. The first-order valence-electron chi connectivity index (χ1n) is 9.47. The molecule has 0 radical (unpaired) electrons. The Morgan fingerprint density at radius 2 is 2.06 bits per heavy atom. The second-order valence-electron chi connectivity index (χ2n) is 6.91. The second kappa shape index (κ2) is 7.77. The number of ether oxygens (including phenoxy) is 3. The maximum Gasteiger partial charge on any atom is 0.262 e. The molecule has 1 amide bonds. The molecule has 2 aromatic carbocycles. The number of anilines is 1. The SMILES string of the molecule is Cc1cc(=O)n2c(-c3cccc(NC(=O)COc4ccc5c(c4)OCO5)c3)csc2n1. The molecule has 2 aromatic heterocycles. The topological polar surface area (TPSA) is 91.2 Å². The summed E-state index contributed by atoms with van der Waals surface area (Å²) in [4.78, 5) is 29.8. The van der Waals surface area contributed by atoms with Gasteiger partial charge < -0.3 is 19.5 Å². The van der Waals surface area contributed by atoms with Crippen LogP contribution < -0.4 is 25.1 Å². The van der Waals surface area contributed by atoms with Crippen molar-refractivity contribution < 1.29 is 19.0 Å². The van der Waals surface area contributed by atoms with Crippen LogP contribution in [0.15, 0.2) is 58.7 Å². The molecule has 1 N–H and O–H groups in total. The third-order valence-corrected chi connectivity index (χ3v) is 5.51. The van der Waals surface area contributed by atoms with Gasteiger partial charge in [-0.2, -0.15) is 0 Å². The normalized spacial score (nSPS) is 12.2. The largest absolute Gasteiger partial charge is 0.484 e. The minimum Gasteiger partial charge on any atom is -0.484 e. The molecular formula is C22H17N3O5S. The van der Waals surface area contributed by atoms with Crippen molar-refractivity contribution in [2.45, 2.75) is 6.92 Å². The molecule has 1 aliphatic rings. The van der Waals surface area contributed by atoms with Gasteiger partial charge in [-0.05, 0) is 31.2 Å². The molecule has 1 aliphatic heterocycles. The van der Waals surface area contributed by atoms with E-state index in [-0.39, 0.29) is 24.9 Å². The number of carbonyl (C=O) groups is 1. The van der Waals surface area contributed by atoms with E-state index in [9.17, 15) is 9.59 Å². The molecule has 0 saturated heterocycles. The van der Waals surface area contributed by atoms with Gasteiger partial charge in [-0.1, -0.05) is 12.1 Å². The second-order valence-corrected chi connectivity index (χ2v) is 7.74. The summed E-state index contributed by atoms with van der Waals surface area (Å²) in [5.74, 6) is 1.45. The lowest BCUT2D eigenvalue weighted by Crippen LogP contribution is -2.20. The highest BCUT2D eigenvalue weighted by Gasteiger charge is 2.15. The number of hydrogen-bond acceptors (Lipinski definition) is 7. The van der Waals surface area contributed by atoms with Crippen LogP contribution in [0, 0.1) is 6.92 Å². The van der Waals surface area contributed by atoms with Crippen LogP contribution in [0.2, 0.25) is 0 Å². The van der Waals surface area contributed by atoms with Gasteiger partial charge >= 0.3 is 0 Å². The van der Waals surface area contributed by atoms with Gasteiger partial charge in [-0.15, -0.1) is 11.3 Å². The molecule has 156 valence electrons. The van der Waals surface area contributed by atoms with Crippen molar-refractivity contribution >= 4 is 27.9 Å². The number of amides is 1. The summed E-state index contributed by atoms with van der Waals surface area (Å²) in [6, 6.07) is 13.9. The van der Waals surface area contributed by atoms with Crippen molar-refractivity contribution in [1.82, 2.24) is 9.38 Å². The summed E-state index contributed by atoms with van der Waals surface area (Å²) in [6.45, 7) is 1.81. The Bertz CT molecular complexity index is 1360. The third kappa shape index (κ3) is 3.82. The summed E-state index contributed by atoms with van der Waals surface area (Å²) in [7, 11) is 0. The van der Waals surface area contributed by atoms with Crippen LogP contribution in [0.4, 0.5) is 5.69 Å². The number of nitrogens with one attached hydrogen (secondary N) is 1. The van der Waals surface area contributed by atoms with Crippen LogP contribution >= 0.6 is 11.3 Å². The average Bonchev–Trinajstić information content (AvgIpc) is 3.39. The number of rotatable bonds is 5. The van der Waals surface area contributed by atoms with Gasteiger partial charge in [0.1, 0.15) is 5.75 Å². The molecule has 0 spiro atoms. The fourth-order valence-electron chi connectivity index (χ4n) is 3.30. The molecule has 9 heteroatoms. The Morgan fingerprint density at radius 3 is 2.97 bits per heavy atom. The summed E-state index contributed by atoms with van der Waals surface area (Å²) in [5, 5.41) is 4.70. The molecule has 3 heterocycles. The molecule has 4 aromatic rings. The molecule has 0 unspecified atom stereocenters. The van der Waals surface area contributed by atoms with Crippen LogP contribution in [0.25, 0.3) is 16.2 Å². The molecule has 5 rings (SSSR count). The number of aromatic nitrogens is 2. The monoisotopic (exact) mass is 435 g/mol. The third-order valence-electron chi connectivity index (χ3n) is 4.69. The standard InChI is InChI=1S/C22H17N3O5S/c1-13-7-21(27)25-17(11-31-22(25)23-13)14-3-2-4-15(8-14)24-20(26)10-28-16-5-6-18-19(9-16)30-12-29-18/h2-9,11H,10,12H2,1H3,(H,24,26). The van der Waals surface area contributed by atoms with E-state index in [1.54, 1.807) is 35.6 Å². The quantitative estimate of drug-likeness (QED) is 0.516. The first-order chi connectivity index (χ1) is 15.1. The predicted octanol–water partition coefficient (Wildman–Crippen LogP) is 3.48. The molecule has 0 bridgehead atoms. The van der Waals surface area contributed by atoms with E-state index in [2.05, 4.69) is 10.3 Å². The summed E-state index contributed by atoms with van der Waals surface area (Å²) in [5.41, 5.74) is 2.68. The highest BCUT2D eigenvalue weighted by atomic mass is 32.1. The van der Waals surface area contributed by atoms with E-state index < -0.39 is 0 Å². The van der Waals surface area contributed by atoms with E-state index in [1.807, 2.05) is 23.6 Å². The Morgan fingerprint density at radius 1 is 1.19 bits per heavy atom. The molecule has 0 atom stereocenters. The van der Waals surface area contributed by atoms with Crippen molar-refractivity contribution in [2.24, 2.45) is 0 Å². The Kier molecular flexibility index (Phi) is 4.79. The van der Waals surface area contributed by atoms with Crippen molar-refractivity contribution in [3.63, 3.8) is 0 Å². The first-order valence-corrected chi connectivity index (χ1v) is 10.4. The van der Waals surface area contributed by atoms with Gasteiger partial charge in [-0.3, -0.25) is 14.0 Å². The van der Waals surface area contributed by atoms with Gasteiger partial charge in [0.25, 0.3) is 11.5 Å². The Hall–Kier alpha value is -3.85. The van der Waals surface area contributed by atoms with Gasteiger partial charge in [-0.25, -0.2) is 4.98 Å². The van der Waals surface area contributed by atoms with E-state index in [1.165, 1.54) is 17.4 Å². The molecule has 31 heavy (non-hydrogen) atoms. The van der Waals surface area contributed by atoms with Crippen molar-refractivity contribution in [3.05, 3.63) is 70.0 Å². The van der Waals surface area contributed by atoms with Crippen LogP contribution in [0.5, 0.6) is 17.2 Å². The lowest BCUT2D eigenvalue weighted by Gasteiger charge is -2.09. The summed E-state index contributed by atoms with van der Waals surface area (Å²) >= 11 is 1.40. The van der Waals surface area contributed by atoms with Gasteiger partial charge in [0, 0.05) is 34.5 Å². The van der Waals surface area contributed by atoms with Crippen LogP contribution in [-0.4, -0.2) is 28.7 Å². The molecule has 0 fully saturated rings. The van der Waals surface area contributed by atoms with Crippen LogP contribution in [0.3, 0.4) is 0 Å². The number of thiazole rings is 1. The number of aryl methyl sites for hydroxylation is 1. The van der Waals surface area contributed by atoms with Gasteiger partial charge in [0.05, 0.1) is 5.69 Å². The smallest absolute Gasteiger partial charge is 0.262 e. The number of benzene rings is 2. The maximum atomic E-state index is 12.4. The van der Waals surface area contributed by atoms with E-state index >= 15 is 0 Å². The Labute approximate surface area is 180 Å². The molecular weight excluding hydrogens is 418 g/mol. The summed E-state index contributed by atoms with van der Waals surface area (Å²) < 4.78 is 17.7. The minimum absolute atomic E-state index is 0.134. The lowest BCUT2D eigenvalue weighted by atomic mass is 10.1. The zero-order valence-corrected chi connectivity index (χ0v) is 17.3. The lowest BCUT2D eigenvalue weighted by molar-refractivity contribution is -0.118. The van der Waals surface area contributed by atoms with E-state index in [0.29, 0.717) is 33.6 Å². The van der Waals surface area contributed by atoms with Crippen LogP contribution in [0.1, 0.15) is 5.69 Å². The number of hydrogen-bond donors (Lipinski definition) is 1. The minimum atomic E-state index is -0.306. The number of carbonyl (C=O) groups excluding carboxylic acids is 1. The first kappa shape index (κ1) is 19.1. The van der Waals surface area contributed by atoms with Crippen molar-refractivity contribution in [1.29, 1.82) is 0 Å². The van der Waals surface area contributed by atoms with E-state index in [4.69, 9.17) is 14.2 Å². The van der Waals surface area contributed by atoms with Crippen molar-refractivity contribution in [2.75, 3.05) is 18.7 Å². The maximum absolute atomic E-state index is 12.4. The van der Waals surface area contributed by atoms with Gasteiger partial charge in [0.15, 0.2) is 23.1 Å². The fraction of sp³-hybridized carbons (Fsp3) is 0.136. The molecule has 8 nitrogen and oxygen atoms in total. The molecule has 0 saturated carbocycles. The Balaban J connectivity index is 1.30. The zero-order chi connectivity index (χ0) is 21.4. The number of fused-ring (bicyclic) bond motifs is 2. The fourth-order valence-corrected chi connectivity index (χ4v) is 4.25. The predicted molar refractivity (Wildman–Crippen MR) is 116 cm³/mol. The number of nitrogens with zero attached hydrogens (tertiary/aromatic N) is 2.